The van der Waals surface area contributed by atoms with Crippen molar-refractivity contribution in [3.63, 3.8) is 0 Å². The smallest absolute Gasteiger partial charge is 0.160 e. The van der Waals surface area contributed by atoms with Crippen molar-refractivity contribution in [3.05, 3.63) is 29.8 Å². The van der Waals surface area contributed by atoms with E-state index >= 15 is 0 Å². The third kappa shape index (κ3) is 5.14. The predicted molar refractivity (Wildman–Crippen MR) is 63.3 cm³/mol. The molecule has 90 valence electrons. The summed E-state index contributed by atoms with van der Waals surface area (Å²) in [5.74, 6) is -0.241. The van der Waals surface area contributed by atoms with E-state index in [-0.39, 0.29) is 6.10 Å². The molecule has 0 saturated heterocycles. The zero-order chi connectivity index (χ0) is 12.2. The summed E-state index contributed by atoms with van der Waals surface area (Å²) in [5.41, 5.74) is 1.01. The highest BCUT2D eigenvalue weighted by atomic mass is 16.6. The van der Waals surface area contributed by atoms with E-state index in [0.29, 0.717) is 6.61 Å². The van der Waals surface area contributed by atoms with E-state index in [2.05, 4.69) is 0 Å². The Kier molecular flexibility index (Phi) is 4.33. The molecule has 1 N–H and O–H groups in total. The first-order valence-corrected chi connectivity index (χ1v) is 5.49. The maximum Gasteiger partial charge on any atom is 0.160 e. The zero-order valence-corrected chi connectivity index (χ0v) is 10.4. The molecule has 0 unspecified atom stereocenters. The van der Waals surface area contributed by atoms with E-state index in [1.54, 1.807) is 13.8 Å². The predicted octanol–water partition coefficient (Wildman–Crippen LogP) is 2.72. The number of benzene rings is 1. The summed E-state index contributed by atoms with van der Waals surface area (Å²) < 4.78 is 10.8. The highest BCUT2D eigenvalue weighted by Crippen LogP contribution is 2.16. The fourth-order valence-electron chi connectivity index (χ4n) is 1.20. The molecule has 0 aliphatic heterocycles. The van der Waals surface area contributed by atoms with Gasteiger partial charge in [0.1, 0.15) is 5.75 Å². The molecule has 1 rings (SSSR count). The van der Waals surface area contributed by atoms with Gasteiger partial charge in [0.05, 0.1) is 12.7 Å². The minimum Gasteiger partial charge on any atom is -0.491 e. The van der Waals surface area contributed by atoms with Crippen LogP contribution in [0.2, 0.25) is 0 Å². The summed E-state index contributed by atoms with van der Waals surface area (Å²) in [6, 6.07) is 7.68. The Balaban J connectivity index is 2.51. The van der Waals surface area contributed by atoms with Crippen molar-refractivity contribution in [2.45, 2.75) is 46.2 Å². The summed E-state index contributed by atoms with van der Waals surface area (Å²) in [5, 5.41) is 9.41. The van der Waals surface area contributed by atoms with Crippen molar-refractivity contribution >= 4 is 0 Å². The average molecular weight is 224 g/mol. The molecule has 1 aromatic carbocycles. The molecular formula is C13H20O3. The monoisotopic (exact) mass is 224 g/mol. The third-order valence-electron chi connectivity index (χ3n) is 1.89. The minimum absolute atomic E-state index is 0.179. The fourth-order valence-corrected chi connectivity index (χ4v) is 1.20. The van der Waals surface area contributed by atoms with Crippen molar-refractivity contribution in [3.8, 4) is 5.75 Å². The van der Waals surface area contributed by atoms with Crippen molar-refractivity contribution in [2.75, 3.05) is 0 Å². The molecule has 0 radical (unpaired) electrons. The normalized spacial score (nSPS) is 11.9. The van der Waals surface area contributed by atoms with Crippen molar-refractivity contribution < 1.29 is 14.6 Å². The lowest BCUT2D eigenvalue weighted by molar-refractivity contribution is -0.183. The highest BCUT2D eigenvalue weighted by Gasteiger charge is 2.12. The van der Waals surface area contributed by atoms with Gasteiger partial charge in [-0.05, 0) is 45.4 Å². The number of aliphatic hydroxyl groups is 1. The second-order valence-electron chi connectivity index (χ2n) is 4.55. The van der Waals surface area contributed by atoms with Crippen LogP contribution in [0.5, 0.6) is 5.75 Å². The van der Waals surface area contributed by atoms with Gasteiger partial charge in [-0.2, -0.15) is 0 Å². The Labute approximate surface area is 97.0 Å². The van der Waals surface area contributed by atoms with Crippen LogP contribution >= 0.6 is 0 Å². The van der Waals surface area contributed by atoms with Crippen LogP contribution in [0.15, 0.2) is 24.3 Å². The van der Waals surface area contributed by atoms with E-state index in [4.69, 9.17) is 9.47 Å². The van der Waals surface area contributed by atoms with Crippen molar-refractivity contribution in [2.24, 2.45) is 0 Å². The van der Waals surface area contributed by atoms with Gasteiger partial charge in [0, 0.05) is 0 Å². The molecule has 0 spiro atoms. The van der Waals surface area contributed by atoms with Crippen molar-refractivity contribution in [1.82, 2.24) is 0 Å². The standard InChI is InChI=1S/C13H20O3/c1-10(2)16-12-7-5-11(6-8-12)9-15-13(3,4)14/h5-8,10,14H,9H2,1-4H3. The van der Waals surface area contributed by atoms with Crippen LogP contribution in [0.4, 0.5) is 0 Å². The second kappa shape index (κ2) is 5.32. The Hall–Kier alpha value is -1.06. The quantitative estimate of drug-likeness (QED) is 0.781. The fraction of sp³-hybridized carbons (Fsp3) is 0.538. The summed E-state index contributed by atoms with van der Waals surface area (Å²) >= 11 is 0. The van der Waals surface area contributed by atoms with Gasteiger partial charge in [0.25, 0.3) is 0 Å². The molecule has 0 amide bonds. The van der Waals surface area contributed by atoms with Crippen molar-refractivity contribution in [1.29, 1.82) is 0 Å². The Morgan fingerprint density at radius 3 is 2.19 bits per heavy atom. The summed E-state index contributed by atoms with van der Waals surface area (Å²) in [7, 11) is 0. The highest BCUT2D eigenvalue weighted by molar-refractivity contribution is 5.27. The number of ether oxygens (including phenoxy) is 2. The first-order valence-electron chi connectivity index (χ1n) is 5.49. The molecule has 3 heteroatoms. The van der Waals surface area contributed by atoms with Crippen LogP contribution in [0.25, 0.3) is 0 Å². The van der Waals surface area contributed by atoms with Gasteiger partial charge in [-0.1, -0.05) is 12.1 Å². The number of rotatable bonds is 5. The van der Waals surface area contributed by atoms with Gasteiger partial charge in [0.15, 0.2) is 5.79 Å². The van der Waals surface area contributed by atoms with E-state index in [1.807, 2.05) is 38.1 Å². The van der Waals surface area contributed by atoms with E-state index < -0.39 is 5.79 Å². The molecular weight excluding hydrogens is 204 g/mol. The van der Waals surface area contributed by atoms with Gasteiger partial charge in [-0.15, -0.1) is 0 Å². The lowest BCUT2D eigenvalue weighted by Crippen LogP contribution is -2.22. The molecule has 16 heavy (non-hydrogen) atoms. The Morgan fingerprint density at radius 2 is 1.75 bits per heavy atom. The van der Waals surface area contributed by atoms with Crippen LogP contribution in [0, 0.1) is 0 Å². The molecule has 0 bridgehead atoms. The number of hydrogen-bond donors (Lipinski definition) is 1. The van der Waals surface area contributed by atoms with Crippen LogP contribution in [0.1, 0.15) is 33.3 Å². The van der Waals surface area contributed by atoms with Gasteiger partial charge in [-0.25, -0.2) is 0 Å². The average Bonchev–Trinajstić information content (AvgIpc) is 2.14. The SMILES string of the molecule is CC(C)Oc1ccc(COC(C)(C)O)cc1. The Bertz CT molecular complexity index is 309. The summed E-state index contributed by atoms with van der Waals surface area (Å²) in [6.45, 7) is 7.61. The van der Waals surface area contributed by atoms with E-state index in [0.717, 1.165) is 11.3 Å². The topological polar surface area (TPSA) is 38.7 Å². The molecule has 3 nitrogen and oxygen atoms in total. The van der Waals surface area contributed by atoms with Crippen LogP contribution < -0.4 is 4.74 Å². The lowest BCUT2D eigenvalue weighted by Gasteiger charge is -2.18. The maximum atomic E-state index is 9.41. The second-order valence-corrected chi connectivity index (χ2v) is 4.55. The third-order valence-corrected chi connectivity index (χ3v) is 1.89. The first-order chi connectivity index (χ1) is 7.37. The summed E-state index contributed by atoms with van der Waals surface area (Å²) in [4.78, 5) is 0. The van der Waals surface area contributed by atoms with E-state index in [9.17, 15) is 5.11 Å². The Morgan fingerprint density at radius 1 is 1.19 bits per heavy atom. The maximum absolute atomic E-state index is 9.41. The molecule has 0 fully saturated rings. The lowest BCUT2D eigenvalue weighted by atomic mass is 10.2. The molecule has 0 aliphatic rings. The zero-order valence-electron chi connectivity index (χ0n) is 10.4. The number of hydrogen-bond acceptors (Lipinski definition) is 3. The molecule has 0 aromatic heterocycles. The molecule has 1 aromatic rings. The molecule has 0 saturated carbocycles. The summed E-state index contributed by atoms with van der Waals surface area (Å²) in [6.07, 6.45) is 0.179. The van der Waals surface area contributed by atoms with Crippen LogP contribution in [0.3, 0.4) is 0 Å². The van der Waals surface area contributed by atoms with Gasteiger partial charge < -0.3 is 14.6 Å². The van der Waals surface area contributed by atoms with Gasteiger partial charge >= 0.3 is 0 Å². The van der Waals surface area contributed by atoms with Gasteiger partial charge in [0.2, 0.25) is 0 Å². The minimum atomic E-state index is -1.09. The van der Waals surface area contributed by atoms with Crippen LogP contribution in [-0.2, 0) is 11.3 Å². The van der Waals surface area contributed by atoms with Gasteiger partial charge in [-0.3, -0.25) is 0 Å². The molecule has 0 atom stereocenters. The van der Waals surface area contributed by atoms with Crippen LogP contribution in [-0.4, -0.2) is 17.0 Å². The molecule has 0 aliphatic carbocycles. The van der Waals surface area contributed by atoms with E-state index in [1.165, 1.54) is 0 Å². The largest absolute Gasteiger partial charge is 0.491 e. The molecule has 0 heterocycles. The first kappa shape index (κ1) is 13.0.